The number of para-hydroxylation sites is 7. The van der Waals surface area contributed by atoms with Crippen LogP contribution < -0.4 is 14.7 Å². The molecule has 0 saturated carbocycles. The van der Waals surface area contributed by atoms with Crippen LogP contribution in [-0.2, 0) is 0 Å². The van der Waals surface area contributed by atoms with Gasteiger partial charge in [-0.1, -0.05) is 109 Å². The average molecular weight is 2100 g/mol. The van der Waals surface area contributed by atoms with Gasteiger partial charge in [0.25, 0.3) is 0 Å². The molecule has 0 aliphatic heterocycles. The molecule has 0 N–H and O–H groups in total. The van der Waals surface area contributed by atoms with Gasteiger partial charge in [0.05, 0.1) is 16.6 Å². The molecule has 30 rings (SSSR count). The van der Waals surface area contributed by atoms with Gasteiger partial charge in [-0.25, -0.2) is 0 Å². The van der Waals surface area contributed by atoms with Gasteiger partial charge in [0.15, 0.2) is 0 Å². The van der Waals surface area contributed by atoms with Gasteiger partial charge >= 0.3 is 677 Å². The van der Waals surface area contributed by atoms with Crippen molar-refractivity contribution in [2.75, 3.05) is 14.7 Å². The van der Waals surface area contributed by atoms with Gasteiger partial charge < -0.3 is 13.7 Å². The Morgan fingerprint density at radius 3 is 0.846 bits per heavy atom. The molecule has 9 heteroatoms. The van der Waals surface area contributed by atoms with Gasteiger partial charge in [-0.2, -0.15) is 0 Å². The molecule has 0 aliphatic carbocycles. The number of benzene rings is 24. The van der Waals surface area contributed by atoms with Gasteiger partial charge in [-0.05, 0) is 54.6 Å². The quantitative estimate of drug-likeness (QED) is 0.0901. The van der Waals surface area contributed by atoms with E-state index in [0.29, 0.717) is 29.0 Å². The topological polar surface area (TPSA) is 24.5 Å². The predicted octanol–water partition coefficient (Wildman–Crippen LogP) is 37.8. The first-order valence-electron chi connectivity index (χ1n) is 50.7. The number of hydrogen-bond donors (Lipinski definition) is 0. The third kappa shape index (κ3) is 16.1. The fraction of sp³-hybridized carbons (Fsp3) is 0. The van der Waals surface area contributed by atoms with Gasteiger partial charge in [-0.3, -0.25) is 0 Å². The van der Waals surface area contributed by atoms with Crippen molar-refractivity contribution in [3.8, 4) is 61.6 Å². The van der Waals surface area contributed by atoms with Crippen LogP contribution in [0.3, 0.4) is 0 Å². The van der Waals surface area contributed by atoms with Crippen molar-refractivity contribution in [2.24, 2.45) is 0 Å². The Labute approximate surface area is 880 Å². The van der Waals surface area contributed by atoms with E-state index in [1.54, 1.807) is 0 Å². The molecule has 0 atom stereocenters. The first-order valence-corrected chi connectivity index (χ1v) is 55.9. The third-order valence-electron chi connectivity index (χ3n) is 29.5. The van der Waals surface area contributed by atoms with Gasteiger partial charge in [0, 0.05) is 17.1 Å². The Bertz CT molecular complexity index is 10400. The summed E-state index contributed by atoms with van der Waals surface area (Å²) in [6.07, 6.45) is 0. The monoisotopic (exact) mass is 2100 g/mol. The van der Waals surface area contributed by atoms with Crippen molar-refractivity contribution in [1.29, 1.82) is 0 Å². The fourth-order valence-electron chi connectivity index (χ4n) is 22.5. The average Bonchev–Trinajstić information content (AvgIpc) is 1.79. The fourth-order valence-corrected chi connectivity index (χ4v) is 29.7. The molecule has 0 aliphatic rings. The first-order chi connectivity index (χ1) is 73.9. The van der Waals surface area contributed by atoms with Crippen LogP contribution in [-0.4, -0.2) is 57.2 Å². The zero-order chi connectivity index (χ0) is 98.4. The van der Waals surface area contributed by atoms with Crippen molar-refractivity contribution in [3.05, 3.63) is 558 Å². The molecule has 0 fully saturated rings. The molecule has 149 heavy (non-hydrogen) atoms. The molecule has 0 amide bonds. The van der Waals surface area contributed by atoms with E-state index in [1.807, 2.05) is 0 Å². The van der Waals surface area contributed by atoms with E-state index in [-0.39, 0.29) is 14.5 Å². The summed E-state index contributed by atoms with van der Waals surface area (Å²) in [5.74, 6) is 0. The molecule has 700 valence electrons. The number of nitrogens with zero attached hydrogens (tertiary/aromatic N) is 6. The minimum absolute atomic E-state index is 0.276. The van der Waals surface area contributed by atoms with Crippen LogP contribution in [0.2, 0.25) is 0 Å². The molecule has 0 unspecified atom stereocenters. The molecular weight excluding hydrogens is 2000 g/mol. The van der Waals surface area contributed by atoms with Gasteiger partial charge in [0.1, 0.15) is 0 Å². The molecule has 0 spiro atoms. The second-order valence-corrected chi connectivity index (χ2v) is 45.0. The summed E-state index contributed by atoms with van der Waals surface area (Å²) in [4.78, 5) is 7.27. The van der Waals surface area contributed by atoms with E-state index in [1.165, 1.54) is 229 Å². The number of fused-ring (bicyclic) bond motifs is 20. The minimum atomic E-state index is 0.276. The van der Waals surface area contributed by atoms with E-state index in [0.717, 1.165) is 28.4 Å². The maximum atomic E-state index is 2.43. The molecule has 0 bridgehead atoms. The second kappa shape index (κ2) is 38.0. The summed E-state index contributed by atoms with van der Waals surface area (Å²) in [5.41, 5.74) is 31.0. The number of hydrogen-bond acceptors (Lipinski definition) is 3. The predicted molar refractivity (Wildman–Crippen MR) is 639 cm³/mol. The zero-order valence-corrected chi connectivity index (χ0v) is 86.2. The molecule has 0 radical (unpaired) electrons. The van der Waals surface area contributed by atoms with Crippen molar-refractivity contribution >= 4 is 240 Å². The Kier molecular flexibility index (Phi) is 22.6. The molecule has 6 heterocycles. The van der Waals surface area contributed by atoms with E-state index in [4.69, 9.17) is 0 Å². The number of aromatic nitrogens is 3. The summed E-state index contributed by atoms with van der Waals surface area (Å²) in [5, 5.41) is 20.8. The zero-order valence-electron chi connectivity index (χ0n) is 81.0. The Balaban J connectivity index is 0.000000108. The van der Waals surface area contributed by atoms with Crippen molar-refractivity contribution in [2.45, 2.75) is 0 Å². The number of rotatable bonds is 16. The summed E-state index contributed by atoms with van der Waals surface area (Å²) >= 11 is 0.861. The van der Waals surface area contributed by atoms with Crippen LogP contribution >= 0.6 is 0 Å². The standard InChI is InChI=1S/C48H32N2Se.2C46H30N2Se/c1-3-13-34(14-4-1)39-17-7-10-20-44(39)49(38-28-29-42-41-19-9-12-22-47(41)51-48(42)32-38)37-26-23-33(24-27-37)35-25-30-46-43(31-35)40-18-8-11-21-45(40)50(46)36-15-5-2-6-16-36;1-2-13-34(14-3-1)48-43-18-8-6-16-38(43)41-29-33(23-28-44(41)48)31-21-24-35(25-22-31)47(42-19-10-12-32-11-4-5-15-37(32)42)36-26-27-40-39-17-7-9-20-45(39)49-46(40)30-36;1-2-12-35(13-3-1)48-43-16-8-6-14-39(43)42-29-34(21-27-44(42)48)32-18-22-36(23-19-32)47(37-24-20-31-10-4-5-11-33(31)28-37)38-25-26-41-40-15-7-9-17-45(40)49-46(41)30-38/h1-32H;2*1-30H. The molecule has 6 aromatic heterocycles. The molecular formula is C140H92N6Se3. The third-order valence-corrected chi connectivity index (χ3v) is 36.7. The van der Waals surface area contributed by atoms with E-state index >= 15 is 0 Å². The minimum Gasteiger partial charge on any atom is -0.0602 e. The van der Waals surface area contributed by atoms with E-state index < -0.39 is 0 Å². The SMILES string of the molecule is c1ccc(-c2ccccc2N(c2ccc(-c3ccc4c(c3)c3ccccc3n4-c3ccccc3)cc2)c2ccc3c(c2)[se]c2ccccc23)cc1.c1ccc(-n2c3ccccc3c3cc(-c4ccc(N(c5ccc6c(c5)[se]c5ccccc56)c5cccc6ccccc56)cc4)ccc32)cc1.c1ccc(-n2c3ccccc3c3cc(-c4ccc(N(c5ccc6ccccc6c5)c5ccc6c(c5)[se]c5ccccc56)cc4)ccc32)cc1. The van der Waals surface area contributed by atoms with Crippen molar-refractivity contribution in [1.82, 2.24) is 13.7 Å². The molecule has 6 nitrogen and oxygen atoms in total. The normalized spacial score (nSPS) is 11.6. The van der Waals surface area contributed by atoms with Crippen LogP contribution in [0.25, 0.3) is 206 Å². The molecule has 24 aromatic carbocycles. The molecule has 30 aromatic rings. The van der Waals surface area contributed by atoms with Crippen LogP contribution in [0.15, 0.2) is 558 Å². The van der Waals surface area contributed by atoms with E-state index in [2.05, 4.69) is 587 Å². The second-order valence-electron chi connectivity index (χ2n) is 38.2. The van der Waals surface area contributed by atoms with Crippen LogP contribution in [0.1, 0.15) is 0 Å². The summed E-state index contributed by atoms with van der Waals surface area (Å²) in [7, 11) is 0. The van der Waals surface area contributed by atoms with Crippen LogP contribution in [0, 0.1) is 0 Å². The van der Waals surface area contributed by atoms with Crippen molar-refractivity contribution in [3.63, 3.8) is 0 Å². The summed E-state index contributed by atoms with van der Waals surface area (Å²) in [6, 6.07) is 204. The summed E-state index contributed by atoms with van der Waals surface area (Å²) < 4.78 is 15.8. The Hall–Kier alpha value is -17.8. The number of anilines is 9. The smallest absolute Gasteiger partial charge is 0.0602 e. The molecule has 0 saturated heterocycles. The Morgan fingerprint density at radius 2 is 0.416 bits per heavy atom. The first kappa shape index (κ1) is 88.8. The van der Waals surface area contributed by atoms with Crippen LogP contribution in [0.4, 0.5) is 51.2 Å². The van der Waals surface area contributed by atoms with Gasteiger partial charge in [0.2, 0.25) is 0 Å². The van der Waals surface area contributed by atoms with Crippen molar-refractivity contribution < 1.29 is 0 Å². The van der Waals surface area contributed by atoms with E-state index in [9.17, 15) is 0 Å². The van der Waals surface area contributed by atoms with Gasteiger partial charge in [-0.15, -0.1) is 0 Å². The summed E-state index contributed by atoms with van der Waals surface area (Å²) in [6.45, 7) is 0. The maximum absolute atomic E-state index is 2.43. The van der Waals surface area contributed by atoms with Crippen LogP contribution in [0.5, 0.6) is 0 Å². The Morgan fingerprint density at radius 1 is 0.134 bits per heavy atom.